The highest BCUT2D eigenvalue weighted by atomic mass is 79.9. The average molecular weight is 332 g/mol. The maximum absolute atomic E-state index is 6.22. The van der Waals surface area contributed by atoms with Crippen LogP contribution in [0.3, 0.4) is 0 Å². The number of hydrogen-bond acceptors (Lipinski definition) is 2. The molecule has 0 spiro atoms. The van der Waals surface area contributed by atoms with Crippen LogP contribution in [0.4, 0.5) is 0 Å². The van der Waals surface area contributed by atoms with E-state index in [0.29, 0.717) is 17.0 Å². The van der Waals surface area contributed by atoms with Gasteiger partial charge >= 0.3 is 0 Å². The largest absolute Gasteiger partial charge is 0.236 e. The quantitative estimate of drug-likeness (QED) is 0.717. The molecule has 1 heterocycles. The number of halogens is 2. The first-order valence-electron chi connectivity index (χ1n) is 6.79. The zero-order chi connectivity index (χ0) is 13.1. The first-order valence-corrected chi connectivity index (χ1v) is 7.97. The number of nitrogens with zero attached hydrogens (tertiary/aromatic N) is 2. The summed E-state index contributed by atoms with van der Waals surface area (Å²) in [6.07, 6.45) is 7.29. The van der Waals surface area contributed by atoms with E-state index in [1.54, 1.807) is 0 Å². The van der Waals surface area contributed by atoms with Crippen LogP contribution in [0.1, 0.15) is 63.4 Å². The second-order valence-electron chi connectivity index (χ2n) is 5.57. The Kier molecular flexibility index (Phi) is 5.02. The Balaban J connectivity index is 2.27. The molecule has 1 saturated carbocycles. The summed E-state index contributed by atoms with van der Waals surface area (Å²) in [5.74, 6) is 2.04. The molecular formula is C14H20BrClN2. The van der Waals surface area contributed by atoms with Crippen molar-refractivity contribution in [2.75, 3.05) is 0 Å². The minimum absolute atomic E-state index is 0.510. The summed E-state index contributed by atoms with van der Waals surface area (Å²) >= 11 is 9.73. The lowest BCUT2D eigenvalue weighted by atomic mass is 9.88. The zero-order valence-corrected chi connectivity index (χ0v) is 13.4. The molecule has 0 saturated heterocycles. The van der Waals surface area contributed by atoms with Crippen molar-refractivity contribution in [2.24, 2.45) is 5.92 Å². The topological polar surface area (TPSA) is 25.8 Å². The molecule has 1 aromatic heterocycles. The van der Waals surface area contributed by atoms with Crippen molar-refractivity contribution in [3.05, 3.63) is 21.1 Å². The normalized spacial score (nSPS) is 17.4. The minimum atomic E-state index is 0.510. The number of hydrogen-bond donors (Lipinski definition) is 0. The molecule has 0 atom stereocenters. The summed E-state index contributed by atoms with van der Waals surface area (Å²) in [5, 5.41) is 0.571. The molecule has 0 N–H and O–H groups in total. The lowest BCUT2D eigenvalue weighted by Gasteiger charge is -2.21. The van der Waals surface area contributed by atoms with E-state index < -0.39 is 0 Å². The third-order valence-corrected chi connectivity index (χ3v) is 4.80. The lowest BCUT2D eigenvalue weighted by Crippen LogP contribution is -2.12. The first kappa shape index (κ1) is 14.3. The molecule has 18 heavy (non-hydrogen) atoms. The molecule has 0 unspecified atom stereocenters. The number of aromatic nitrogens is 2. The first-order chi connectivity index (χ1) is 8.58. The molecule has 1 aliphatic rings. The van der Waals surface area contributed by atoms with Crippen LogP contribution in [0.15, 0.2) is 4.47 Å². The smallest absolute Gasteiger partial charge is 0.147 e. The van der Waals surface area contributed by atoms with Crippen LogP contribution in [-0.4, -0.2) is 9.97 Å². The Morgan fingerprint density at radius 3 is 2.50 bits per heavy atom. The zero-order valence-electron chi connectivity index (χ0n) is 11.0. The van der Waals surface area contributed by atoms with Gasteiger partial charge in [0.25, 0.3) is 0 Å². The van der Waals surface area contributed by atoms with E-state index in [1.807, 2.05) is 0 Å². The summed E-state index contributed by atoms with van der Waals surface area (Å²) in [6, 6.07) is 0. The Hall–Kier alpha value is -0.150. The van der Waals surface area contributed by atoms with E-state index in [1.165, 1.54) is 32.1 Å². The predicted molar refractivity (Wildman–Crippen MR) is 79.1 cm³/mol. The second kappa shape index (κ2) is 6.33. The van der Waals surface area contributed by atoms with Gasteiger partial charge in [-0.3, -0.25) is 0 Å². The van der Waals surface area contributed by atoms with Gasteiger partial charge in [-0.05, 0) is 41.1 Å². The monoisotopic (exact) mass is 330 g/mol. The van der Waals surface area contributed by atoms with Crippen molar-refractivity contribution >= 4 is 27.5 Å². The highest BCUT2D eigenvalue weighted by molar-refractivity contribution is 9.10. The number of rotatable bonds is 3. The standard InChI is InChI=1S/C14H20BrClN2/c1-9(2)8-11-12(15)13(16)18-14(17-11)10-6-4-3-5-7-10/h9-10H,3-8H2,1-2H3. The van der Waals surface area contributed by atoms with Crippen molar-refractivity contribution in [1.82, 2.24) is 9.97 Å². The van der Waals surface area contributed by atoms with Crippen LogP contribution >= 0.6 is 27.5 Å². The molecule has 0 bridgehead atoms. The molecule has 1 aliphatic carbocycles. The van der Waals surface area contributed by atoms with Crippen LogP contribution in [0, 0.1) is 5.92 Å². The summed E-state index contributed by atoms with van der Waals surface area (Å²) in [4.78, 5) is 9.23. The fraction of sp³-hybridized carbons (Fsp3) is 0.714. The van der Waals surface area contributed by atoms with Gasteiger partial charge in [0.15, 0.2) is 0 Å². The maximum Gasteiger partial charge on any atom is 0.147 e. The summed E-state index contributed by atoms with van der Waals surface area (Å²) in [5.41, 5.74) is 1.06. The van der Waals surface area contributed by atoms with Gasteiger partial charge < -0.3 is 0 Å². The van der Waals surface area contributed by atoms with Crippen LogP contribution in [0.2, 0.25) is 5.15 Å². The van der Waals surface area contributed by atoms with Crippen LogP contribution in [0.25, 0.3) is 0 Å². The van der Waals surface area contributed by atoms with E-state index in [-0.39, 0.29) is 0 Å². The molecule has 0 aromatic carbocycles. The highest BCUT2D eigenvalue weighted by Crippen LogP contribution is 2.33. The molecule has 0 amide bonds. The fourth-order valence-electron chi connectivity index (χ4n) is 2.55. The van der Waals surface area contributed by atoms with E-state index in [2.05, 4.69) is 34.8 Å². The molecule has 1 fully saturated rings. The maximum atomic E-state index is 6.22. The van der Waals surface area contributed by atoms with Gasteiger partial charge in [-0.2, -0.15) is 0 Å². The summed E-state index contributed by atoms with van der Waals surface area (Å²) in [7, 11) is 0. The Morgan fingerprint density at radius 2 is 1.89 bits per heavy atom. The minimum Gasteiger partial charge on any atom is -0.236 e. The molecule has 4 heteroatoms. The molecule has 1 aromatic rings. The molecule has 2 rings (SSSR count). The van der Waals surface area contributed by atoms with Crippen LogP contribution < -0.4 is 0 Å². The average Bonchev–Trinajstić information content (AvgIpc) is 2.35. The second-order valence-corrected chi connectivity index (χ2v) is 6.72. The van der Waals surface area contributed by atoms with Gasteiger partial charge in [0.1, 0.15) is 11.0 Å². The summed E-state index contributed by atoms with van der Waals surface area (Å²) in [6.45, 7) is 4.39. The van der Waals surface area contributed by atoms with Crippen molar-refractivity contribution in [2.45, 2.75) is 58.3 Å². The van der Waals surface area contributed by atoms with Gasteiger partial charge in [-0.1, -0.05) is 44.7 Å². The molecule has 2 nitrogen and oxygen atoms in total. The third kappa shape index (κ3) is 3.45. The Labute approximate surface area is 123 Å². The SMILES string of the molecule is CC(C)Cc1nc(C2CCCCC2)nc(Cl)c1Br. The lowest BCUT2D eigenvalue weighted by molar-refractivity contribution is 0.426. The Morgan fingerprint density at radius 1 is 1.22 bits per heavy atom. The van der Waals surface area contributed by atoms with Gasteiger partial charge in [-0.25, -0.2) is 9.97 Å². The van der Waals surface area contributed by atoms with E-state index >= 15 is 0 Å². The summed E-state index contributed by atoms with van der Waals surface area (Å²) < 4.78 is 0.873. The van der Waals surface area contributed by atoms with E-state index in [9.17, 15) is 0 Å². The molecule has 0 radical (unpaired) electrons. The Bertz CT molecular complexity index is 415. The van der Waals surface area contributed by atoms with Crippen molar-refractivity contribution in [3.8, 4) is 0 Å². The van der Waals surface area contributed by atoms with Gasteiger partial charge in [0, 0.05) is 5.92 Å². The van der Waals surface area contributed by atoms with Crippen LogP contribution in [-0.2, 0) is 6.42 Å². The molecule has 0 aliphatic heterocycles. The van der Waals surface area contributed by atoms with E-state index in [4.69, 9.17) is 16.6 Å². The van der Waals surface area contributed by atoms with Gasteiger partial charge in [0.05, 0.1) is 10.2 Å². The van der Waals surface area contributed by atoms with Crippen molar-refractivity contribution in [3.63, 3.8) is 0 Å². The van der Waals surface area contributed by atoms with E-state index in [0.717, 1.165) is 22.4 Å². The third-order valence-electron chi connectivity index (χ3n) is 3.47. The fourth-order valence-corrected chi connectivity index (χ4v) is 3.08. The van der Waals surface area contributed by atoms with Crippen LogP contribution in [0.5, 0.6) is 0 Å². The molecule has 100 valence electrons. The van der Waals surface area contributed by atoms with Gasteiger partial charge in [0.2, 0.25) is 0 Å². The highest BCUT2D eigenvalue weighted by Gasteiger charge is 2.21. The van der Waals surface area contributed by atoms with Crippen molar-refractivity contribution < 1.29 is 0 Å². The predicted octanol–water partition coefficient (Wildman–Crippen LogP) is 5.14. The van der Waals surface area contributed by atoms with Crippen molar-refractivity contribution in [1.29, 1.82) is 0 Å². The molecular weight excluding hydrogens is 312 g/mol. The van der Waals surface area contributed by atoms with Gasteiger partial charge in [-0.15, -0.1) is 0 Å².